The molecule has 5 nitrogen and oxygen atoms in total. The number of amidine groups is 1. The van der Waals surface area contributed by atoms with Crippen molar-refractivity contribution in [2.75, 3.05) is 25.6 Å². The zero-order chi connectivity index (χ0) is 20.9. The molecule has 0 bridgehead atoms. The smallest absolute Gasteiger partial charge is 0.111 e. The van der Waals surface area contributed by atoms with Gasteiger partial charge in [0.25, 0.3) is 0 Å². The van der Waals surface area contributed by atoms with Crippen LogP contribution in [0.15, 0.2) is 59.3 Å². The van der Waals surface area contributed by atoms with E-state index in [9.17, 15) is 0 Å². The Morgan fingerprint density at radius 2 is 2.20 bits per heavy atom. The Hall–Kier alpha value is -2.79. The number of aromatic nitrogens is 1. The van der Waals surface area contributed by atoms with Gasteiger partial charge >= 0.3 is 0 Å². The van der Waals surface area contributed by atoms with Crippen LogP contribution in [0.25, 0.3) is 11.6 Å². The van der Waals surface area contributed by atoms with Gasteiger partial charge in [0.1, 0.15) is 11.7 Å². The molecule has 4 N–H and O–H groups in total. The summed E-state index contributed by atoms with van der Waals surface area (Å²) in [6, 6.07) is 0.459. The summed E-state index contributed by atoms with van der Waals surface area (Å²) in [6.45, 7) is 5.21. The Labute approximate surface area is 179 Å². The monoisotopic (exact) mass is 404 g/mol. The molecule has 1 aromatic heterocycles. The number of aromatic amines is 1. The average Bonchev–Trinajstić information content (AvgIpc) is 3.48. The van der Waals surface area contributed by atoms with E-state index in [4.69, 9.17) is 10.5 Å². The summed E-state index contributed by atoms with van der Waals surface area (Å²) in [7, 11) is 1.74. The number of nitrogens with one attached hydrogen (secondary N) is 2. The summed E-state index contributed by atoms with van der Waals surface area (Å²) in [5.41, 5.74) is 12.5. The number of nitrogens with two attached hydrogens (primary N) is 1. The van der Waals surface area contributed by atoms with Gasteiger partial charge in [-0.25, -0.2) is 0 Å². The molecule has 1 saturated carbocycles. The van der Waals surface area contributed by atoms with Crippen LogP contribution in [-0.4, -0.2) is 37.1 Å². The van der Waals surface area contributed by atoms with Crippen LogP contribution < -0.4 is 11.1 Å². The fourth-order valence-corrected chi connectivity index (χ4v) is 4.02. The number of nitrogens with zero attached hydrogens (tertiary/aromatic N) is 1. The predicted molar refractivity (Wildman–Crippen MR) is 127 cm³/mol. The zero-order valence-corrected chi connectivity index (χ0v) is 17.8. The highest BCUT2D eigenvalue weighted by Gasteiger charge is 2.25. The van der Waals surface area contributed by atoms with Gasteiger partial charge in [-0.2, -0.15) is 0 Å². The molecule has 0 spiro atoms. The molecular formula is C25H32N4O. The number of anilines is 1. The number of ether oxygens (including phenoxy) is 1. The molecule has 1 unspecified atom stereocenters. The first-order chi connectivity index (χ1) is 14.7. The van der Waals surface area contributed by atoms with Crippen molar-refractivity contribution in [1.82, 2.24) is 4.98 Å². The van der Waals surface area contributed by atoms with Crippen LogP contribution in [0, 0.1) is 5.92 Å². The molecule has 3 aliphatic rings. The minimum absolute atomic E-state index is 0.196. The molecule has 0 aromatic carbocycles. The quantitative estimate of drug-likeness (QED) is 0.239. The number of methoxy groups -OCH3 is 1. The van der Waals surface area contributed by atoms with Crippen LogP contribution in [0.4, 0.5) is 5.82 Å². The fraction of sp³-hybridized carbons (Fsp3) is 0.400. The predicted octanol–water partition coefficient (Wildman–Crippen LogP) is 4.84. The molecule has 0 saturated heterocycles. The van der Waals surface area contributed by atoms with Gasteiger partial charge in [0.15, 0.2) is 0 Å². The second-order valence-corrected chi connectivity index (χ2v) is 8.22. The molecule has 1 aromatic rings. The topological polar surface area (TPSA) is 75.4 Å². The lowest BCUT2D eigenvalue weighted by atomic mass is 9.87. The molecule has 0 amide bonds. The maximum absolute atomic E-state index is 6.30. The first-order valence-corrected chi connectivity index (χ1v) is 10.9. The van der Waals surface area contributed by atoms with Crippen molar-refractivity contribution in [2.45, 2.75) is 38.1 Å². The van der Waals surface area contributed by atoms with Gasteiger partial charge in [-0.3, -0.25) is 4.99 Å². The first kappa shape index (κ1) is 20.5. The highest BCUT2D eigenvalue weighted by Crippen LogP contribution is 2.35. The number of hydrogen-bond acceptors (Lipinski definition) is 3. The fourth-order valence-electron chi connectivity index (χ4n) is 4.02. The van der Waals surface area contributed by atoms with E-state index < -0.39 is 0 Å². The van der Waals surface area contributed by atoms with Gasteiger partial charge in [0.2, 0.25) is 0 Å². The Kier molecular flexibility index (Phi) is 6.38. The summed E-state index contributed by atoms with van der Waals surface area (Å²) in [5, 5.41) is 3.55. The number of hydrogen-bond donors (Lipinski definition) is 3. The summed E-state index contributed by atoms with van der Waals surface area (Å²) in [6.07, 6.45) is 20.3. The number of unbranched alkanes of at least 4 members (excludes halogenated alkanes) is 1. The van der Waals surface area contributed by atoms with Gasteiger partial charge in [0, 0.05) is 36.9 Å². The Bertz CT molecular complexity index is 940. The molecule has 5 heteroatoms. The normalized spacial score (nSPS) is 21.6. The second-order valence-electron chi connectivity index (χ2n) is 8.22. The van der Waals surface area contributed by atoms with Crippen LogP contribution in [0.1, 0.15) is 43.2 Å². The number of allylic oxidation sites excluding steroid dienone is 4. The Morgan fingerprint density at radius 3 is 2.97 bits per heavy atom. The van der Waals surface area contributed by atoms with Gasteiger partial charge in [-0.1, -0.05) is 30.4 Å². The van der Waals surface area contributed by atoms with E-state index in [1.165, 1.54) is 40.7 Å². The van der Waals surface area contributed by atoms with Gasteiger partial charge < -0.3 is 20.8 Å². The lowest BCUT2D eigenvalue weighted by Gasteiger charge is -2.24. The molecule has 1 atom stereocenters. The first-order valence-electron chi connectivity index (χ1n) is 10.9. The van der Waals surface area contributed by atoms with Crippen LogP contribution >= 0.6 is 0 Å². The number of aliphatic imine (C=N–C) groups is 1. The summed E-state index contributed by atoms with van der Waals surface area (Å²) in [4.78, 5) is 8.05. The number of fused-ring (bicyclic) bond motifs is 1. The van der Waals surface area contributed by atoms with E-state index in [0.29, 0.717) is 12.6 Å². The standard InChI is InChI=1S/C25H32N4O/c1-3-4-5-7-19(16-30-2)23-15-28-25-22(23)13-20(14-27-25)17-8-6-9-18(12-17)24(26)29-21-10-11-21/h3,6-9,13,15,18,21,27-28H,1,4-5,10-12,14,16H2,2H3,(H2,26,29)/b19-7+. The summed E-state index contributed by atoms with van der Waals surface area (Å²) in [5.74, 6) is 2.04. The number of H-pyrrole nitrogens is 1. The third-order valence-electron chi connectivity index (χ3n) is 5.85. The van der Waals surface area contributed by atoms with E-state index in [1.54, 1.807) is 7.11 Å². The SMILES string of the molecule is C=CCC/C=C(\COC)c1c[nH]c2c1C=C(C1=CC=CC(C(N)=NC3CC3)C1)CN2. The highest BCUT2D eigenvalue weighted by molar-refractivity contribution is 5.87. The Balaban J connectivity index is 1.57. The van der Waals surface area contributed by atoms with E-state index in [1.807, 2.05) is 6.08 Å². The van der Waals surface area contributed by atoms with Crippen molar-refractivity contribution in [2.24, 2.45) is 16.6 Å². The summed E-state index contributed by atoms with van der Waals surface area (Å²) < 4.78 is 5.47. The van der Waals surface area contributed by atoms with Crippen molar-refractivity contribution < 1.29 is 4.74 Å². The van der Waals surface area contributed by atoms with Crippen molar-refractivity contribution >= 4 is 23.3 Å². The van der Waals surface area contributed by atoms with Crippen molar-refractivity contribution in [3.05, 3.63) is 65.4 Å². The third-order valence-corrected chi connectivity index (χ3v) is 5.85. The molecule has 158 valence electrons. The lowest BCUT2D eigenvalue weighted by molar-refractivity contribution is 0.239. The van der Waals surface area contributed by atoms with Gasteiger partial charge in [-0.15, -0.1) is 6.58 Å². The minimum atomic E-state index is 0.196. The molecule has 2 aliphatic carbocycles. The molecule has 30 heavy (non-hydrogen) atoms. The lowest BCUT2D eigenvalue weighted by Crippen LogP contribution is -2.25. The number of rotatable bonds is 9. The van der Waals surface area contributed by atoms with Crippen LogP contribution in [-0.2, 0) is 4.74 Å². The van der Waals surface area contributed by atoms with Crippen LogP contribution in [0.3, 0.4) is 0 Å². The maximum Gasteiger partial charge on any atom is 0.111 e. The van der Waals surface area contributed by atoms with Crippen LogP contribution in [0.5, 0.6) is 0 Å². The molecule has 1 fully saturated rings. The minimum Gasteiger partial charge on any atom is -0.387 e. The van der Waals surface area contributed by atoms with Crippen LogP contribution in [0.2, 0.25) is 0 Å². The molecule has 2 heterocycles. The average molecular weight is 405 g/mol. The van der Waals surface area contributed by atoms with E-state index >= 15 is 0 Å². The van der Waals surface area contributed by atoms with Crippen molar-refractivity contribution in [1.29, 1.82) is 0 Å². The zero-order valence-electron chi connectivity index (χ0n) is 17.8. The largest absolute Gasteiger partial charge is 0.387 e. The molecule has 0 radical (unpaired) electrons. The molecule has 4 rings (SSSR count). The summed E-state index contributed by atoms with van der Waals surface area (Å²) >= 11 is 0. The highest BCUT2D eigenvalue weighted by atomic mass is 16.5. The van der Waals surface area contributed by atoms with E-state index in [-0.39, 0.29) is 5.92 Å². The molecular weight excluding hydrogens is 372 g/mol. The second kappa shape index (κ2) is 9.35. The maximum atomic E-state index is 6.30. The van der Waals surface area contributed by atoms with Crippen molar-refractivity contribution in [3.63, 3.8) is 0 Å². The Morgan fingerprint density at radius 1 is 1.33 bits per heavy atom. The third kappa shape index (κ3) is 4.68. The van der Waals surface area contributed by atoms with E-state index in [2.05, 4.69) is 58.4 Å². The molecule has 1 aliphatic heterocycles. The van der Waals surface area contributed by atoms with Crippen molar-refractivity contribution in [3.8, 4) is 0 Å². The van der Waals surface area contributed by atoms with Gasteiger partial charge in [-0.05, 0) is 54.9 Å². The van der Waals surface area contributed by atoms with Gasteiger partial charge in [0.05, 0.1) is 12.6 Å². The van der Waals surface area contributed by atoms with E-state index in [0.717, 1.165) is 37.5 Å².